The van der Waals surface area contributed by atoms with Crippen LogP contribution in [0.2, 0.25) is 0 Å². The first-order chi connectivity index (χ1) is 11.1. The lowest BCUT2D eigenvalue weighted by atomic mass is 10.2. The van der Waals surface area contributed by atoms with Crippen molar-refractivity contribution in [3.63, 3.8) is 0 Å². The average molecular weight is 367 g/mol. The van der Waals surface area contributed by atoms with Crippen molar-refractivity contribution in [3.8, 4) is 0 Å². The zero-order valence-corrected chi connectivity index (χ0v) is 16.0. The topological polar surface area (TPSA) is 79.4 Å². The summed E-state index contributed by atoms with van der Waals surface area (Å²) in [6.45, 7) is 5.56. The number of aryl methyl sites for hydroxylation is 2. The van der Waals surface area contributed by atoms with Crippen LogP contribution in [0.15, 0.2) is 29.2 Å². The van der Waals surface area contributed by atoms with Gasteiger partial charge in [-0.15, -0.1) is 11.3 Å². The van der Waals surface area contributed by atoms with Crippen LogP contribution in [0.1, 0.15) is 38.9 Å². The van der Waals surface area contributed by atoms with E-state index in [0.29, 0.717) is 5.56 Å². The molecule has 0 bridgehead atoms. The standard InChI is InChI=1S/C16H21N3O3S2/c1-10(15-11(2)23-12(3)17-15)18-24(21,22)14-8-6-7-13(9-14)16(20)19(4)5/h6-10,18H,1-5H3. The van der Waals surface area contributed by atoms with Crippen LogP contribution < -0.4 is 4.72 Å². The van der Waals surface area contributed by atoms with Crippen molar-refractivity contribution in [2.45, 2.75) is 31.7 Å². The fourth-order valence-corrected chi connectivity index (χ4v) is 4.52. The molecule has 0 aliphatic heterocycles. The molecule has 0 radical (unpaired) electrons. The number of carbonyl (C=O) groups excluding carboxylic acids is 1. The van der Waals surface area contributed by atoms with E-state index in [1.54, 1.807) is 33.2 Å². The Morgan fingerprint density at radius 2 is 1.96 bits per heavy atom. The molecule has 0 saturated carbocycles. The van der Waals surface area contributed by atoms with Gasteiger partial charge in [0.2, 0.25) is 10.0 Å². The fraction of sp³-hybridized carbons (Fsp3) is 0.375. The minimum Gasteiger partial charge on any atom is -0.345 e. The zero-order valence-electron chi connectivity index (χ0n) is 14.3. The van der Waals surface area contributed by atoms with Crippen molar-refractivity contribution < 1.29 is 13.2 Å². The maximum Gasteiger partial charge on any atom is 0.253 e. The normalized spacial score (nSPS) is 12.9. The number of benzene rings is 1. The molecule has 2 aromatic rings. The van der Waals surface area contributed by atoms with E-state index in [9.17, 15) is 13.2 Å². The van der Waals surface area contributed by atoms with Gasteiger partial charge in [-0.05, 0) is 39.0 Å². The minimum absolute atomic E-state index is 0.0617. The summed E-state index contributed by atoms with van der Waals surface area (Å²) in [4.78, 5) is 18.9. The molecule has 130 valence electrons. The summed E-state index contributed by atoms with van der Waals surface area (Å²) in [5.74, 6) is -0.244. The highest BCUT2D eigenvalue weighted by molar-refractivity contribution is 7.89. The van der Waals surface area contributed by atoms with Gasteiger partial charge in [0.15, 0.2) is 0 Å². The third-order valence-corrected chi connectivity index (χ3v) is 5.92. The minimum atomic E-state index is -3.75. The van der Waals surface area contributed by atoms with Crippen LogP contribution in [-0.4, -0.2) is 38.3 Å². The highest BCUT2D eigenvalue weighted by Gasteiger charge is 2.22. The quantitative estimate of drug-likeness (QED) is 0.881. The van der Waals surface area contributed by atoms with Crippen LogP contribution >= 0.6 is 11.3 Å². The second-order valence-corrected chi connectivity index (χ2v) is 8.87. The van der Waals surface area contributed by atoms with E-state index in [1.807, 2.05) is 13.8 Å². The third-order valence-electron chi connectivity index (χ3n) is 3.48. The molecule has 0 saturated heterocycles. The van der Waals surface area contributed by atoms with Crippen molar-refractivity contribution in [2.75, 3.05) is 14.1 Å². The lowest BCUT2D eigenvalue weighted by molar-refractivity contribution is 0.0827. The Morgan fingerprint density at radius 3 is 2.50 bits per heavy atom. The van der Waals surface area contributed by atoms with Crippen LogP contribution in [0.5, 0.6) is 0 Å². The Hall–Kier alpha value is -1.77. The maximum atomic E-state index is 12.6. The van der Waals surface area contributed by atoms with Crippen molar-refractivity contribution in [2.24, 2.45) is 0 Å². The predicted molar refractivity (Wildman–Crippen MR) is 94.8 cm³/mol. The summed E-state index contributed by atoms with van der Waals surface area (Å²) >= 11 is 1.53. The number of sulfonamides is 1. The summed E-state index contributed by atoms with van der Waals surface area (Å²) < 4.78 is 27.9. The van der Waals surface area contributed by atoms with Gasteiger partial charge in [-0.2, -0.15) is 0 Å². The smallest absolute Gasteiger partial charge is 0.253 e. The van der Waals surface area contributed by atoms with E-state index in [4.69, 9.17) is 0 Å². The molecule has 0 spiro atoms. The number of carbonyl (C=O) groups is 1. The largest absolute Gasteiger partial charge is 0.345 e. The third kappa shape index (κ3) is 4.00. The Morgan fingerprint density at radius 1 is 1.29 bits per heavy atom. The van der Waals surface area contributed by atoms with Gasteiger partial charge in [-0.1, -0.05) is 6.07 Å². The van der Waals surface area contributed by atoms with Gasteiger partial charge in [0.1, 0.15) is 0 Å². The number of nitrogens with one attached hydrogen (secondary N) is 1. The van der Waals surface area contributed by atoms with E-state index in [-0.39, 0.29) is 10.8 Å². The number of amides is 1. The van der Waals surface area contributed by atoms with Crippen molar-refractivity contribution >= 4 is 27.3 Å². The molecule has 1 aromatic carbocycles. The molecule has 1 aromatic heterocycles. The lowest BCUT2D eigenvalue weighted by Crippen LogP contribution is -2.28. The molecule has 0 aliphatic carbocycles. The van der Waals surface area contributed by atoms with E-state index in [1.165, 1.54) is 28.4 Å². The van der Waals surface area contributed by atoms with Crippen LogP contribution in [0, 0.1) is 13.8 Å². The van der Waals surface area contributed by atoms with Crippen molar-refractivity contribution in [1.82, 2.24) is 14.6 Å². The fourth-order valence-electron chi connectivity index (χ4n) is 2.36. The van der Waals surface area contributed by atoms with E-state index < -0.39 is 16.1 Å². The van der Waals surface area contributed by atoms with Gasteiger partial charge in [-0.3, -0.25) is 4.79 Å². The molecular formula is C16H21N3O3S2. The maximum absolute atomic E-state index is 12.6. The molecule has 0 aliphatic rings. The van der Waals surface area contributed by atoms with Gasteiger partial charge < -0.3 is 4.90 Å². The summed E-state index contributed by atoms with van der Waals surface area (Å²) in [6.07, 6.45) is 0. The van der Waals surface area contributed by atoms with Crippen LogP contribution in [-0.2, 0) is 10.0 Å². The Kier molecular flexibility index (Phi) is 5.42. The molecule has 1 N–H and O–H groups in total. The van der Waals surface area contributed by atoms with E-state index in [0.717, 1.165) is 15.6 Å². The Labute approximate surface area is 146 Å². The number of thiazole rings is 1. The Balaban J connectivity index is 2.29. The summed E-state index contributed by atoms with van der Waals surface area (Å²) in [5, 5.41) is 0.895. The van der Waals surface area contributed by atoms with Crippen LogP contribution in [0.4, 0.5) is 0 Å². The number of hydrogen-bond donors (Lipinski definition) is 1. The lowest BCUT2D eigenvalue weighted by Gasteiger charge is -2.15. The first kappa shape index (κ1) is 18.6. The highest BCUT2D eigenvalue weighted by Crippen LogP contribution is 2.24. The number of rotatable bonds is 5. The van der Waals surface area contributed by atoms with Gasteiger partial charge in [0, 0.05) is 24.5 Å². The number of aromatic nitrogens is 1. The van der Waals surface area contributed by atoms with E-state index in [2.05, 4.69) is 9.71 Å². The number of nitrogens with zero attached hydrogens (tertiary/aromatic N) is 2. The molecule has 1 atom stereocenters. The molecule has 24 heavy (non-hydrogen) atoms. The molecule has 6 nitrogen and oxygen atoms in total. The average Bonchev–Trinajstić information content (AvgIpc) is 2.85. The highest BCUT2D eigenvalue weighted by atomic mass is 32.2. The first-order valence-corrected chi connectivity index (χ1v) is 9.69. The van der Waals surface area contributed by atoms with Gasteiger partial charge >= 0.3 is 0 Å². The molecule has 8 heteroatoms. The molecule has 1 heterocycles. The monoisotopic (exact) mass is 367 g/mol. The van der Waals surface area contributed by atoms with Gasteiger partial charge in [0.25, 0.3) is 5.91 Å². The summed E-state index contributed by atoms with van der Waals surface area (Å²) in [7, 11) is -0.509. The van der Waals surface area contributed by atoms with Crippen LogP contribution in [0.25, 0.3) is 0 Å². The Bertz CT molecular complexity index is 857. The van der Waals surface area contributed by atoms with E-state index >= 15 is 0 Å². The molecule has 1 unspecified atom stereocenters. The second kappa shape index (κ2) is 7.00. The summed E-state index contributed by atoms with van der Waals surface area (Å²) in [5.41, 5.74) is 1.05. The van der Waals surface area contributed by atoms with Crippen LogP contribution in [0.3, 0.4) is 0 Å². The zero-order chi connectivity index (χ0) is 18.1. The molecule has 1 amide bonds. The molecule has 2 rings (SSSR count). The van der Waals surface area contributed by atoms with Gasteiger partial charge in [-0.25, -0.2) is 18.1 Å². The predicted octanol–water partition coefficient (Wildman–Crippen LogP) is 2.50. The first-order valence-electron chi connectivity index (χ1n) is 7.40. The number of hydrogen-bond acceptors (Lipinski definition) is 5. The van der Waals surface area contributed by atoms with Crippen molar-refractivity contribution in [1.29, 1.82) is 0 Å². The SMILES string of the molecule is Cc1nc(C(C)NS(=O)(=O)c2cccc(C(=O)N(C)C)c2)c(C)s1. The molecular weight excluding hydrogens is 346 g/mol. The molecule has 0 fully saturated rings. The summed E-state index contributed by atoms with van der Waals surface area (Å²) in [6, 6.07) is 5.57. The second-order valence-electron chi connectivity index (χ2n) is 5.74. The van der Waals surface area contributed by atoms with Crippen molar-refractivity contribution in [3.05, 3.63) is 45.4 Å². The van der Waals surface area contributed by atoms with Gasteiger partial charge in [0.05, 0.1) is 21.6 Å².